The van der Waals surface area contributed by atoms with Crippen molar-refractivity contribution in [3.63, 3.8) is 0 Å². The largest absolute Gasteiger partial charge is 0.399 e. The fourth-order valence-corrected chi connectivity index (χ4v) is 1.69. The summed E-state index contributed by atoms with van der Waals surface area (Å²) in [5.41, 5.74) is 9.45. The first-order chi connectivity index (χ1) is 8.58. The topological polar surface area (TPSA) is 68.0 Å². The maximum Gasteiger partial charge on any atom is 0.256 e. The number of hydrogen-bond acceptors (Lipinski definition) is 3. The SMILES string of the molecule is Cc1cnccc1NC(=O)c1cc(N)ccc1C. The number of benzene rings is 1. The summed E-state index contributed by atoms with van der Waals surface area (Å²) >= 11 is 0. The second kappa shape index (κ2) is 4.87. The number of pyridine rings is 1. The number of nitrogens with one attached hydrogen (secondary N) is 1. The molecule has 0 saturated carbocycles. The number of hydrogen-bond donors (Lipinski definition) is 2. The Bertz CT molecular complexity index is 593. The van der Waals surface area contributed by atoms with Gasteiger partial charge in [-0.15, -0.1) is 0 Å². The highest BCUT2D eigenvalue weighted by molar-refractivity contribution is 6.06. The lowest BCUT2D eigenvalue weighted by Crippen LogP contribution is -2.14. The van der Waals surface area contributed by atoms with Gasteiger partial charge in [-0.05, 0) is 43.2 Å². The Balaban J connectivity index is 2.28. The molecule has 92 valence electrons. The molecule has 0 aliphatic carbocycles. The molecule has 0 fully saturated rings. The van der Waals surface area contributed by atoms with Gasteiger partial charge in [0.15, 0.2) is 0 Å². The average molecular weight is 241 g/mol. The maximum absolute atomic E-state index is 12.2. The summed E-state index contributed by atoms with van der Waals surface area (Å²) in [5, 5.41) is 2.86. The summed E-state index contributed by atoms with van der Waals surface area (Å²) < 4.78 is 0. The summed E-state index contributed by atoms with van der Waals surface area (Å²) in [6.45, 7) is 3.78. The smallest absolute Gasteiger partial charge is 0.256 e. The summed E-state index contributed by atoms with van der Waals surface area (Å²) in [7, 11) is 0. The van der Waals surface area contributed by atoms with Crippen molar-refractivity contribution in [2.45, 2.75) is 13.8 Å². The van der Waals surface area contributed by atoms with Crippen LogP contribution in [0.3, 0.4) is 0 Å². The van der Waals surface area contributed by atoms with Crippen LogP contribution in [-0.2, 0) is 0 Å². The van der Waals surface area contributed by atoms with Crippen molar-refractivity contribution >= 4 is 17.3 Å². The Morgan fingerprint density at radius 2 is 2.00 bits per heavy atom. The number of anilines is 2. The van der Waals surface area contributed by atoms with Crippen LogP contribution < -0.4 is 11.1 Å². The lowest BCUT2D eigenvalue weighted by molar-refractivity contribution is 0.102. The van der Waals surface area contributed by atoms with Gasteiger partial charge in [0.05, 0.1) is 0 Å². The Morgan fingerprint density at radius 3 is 2.72 bits per heavy atom. The van der Waals surface area contributed by atoms with Crippen LogP contribution in [-0.4, -0.2) is 10.9 Å². The Labute approximate surface area is 106 Å². The highest BCUT2D eigenvalue weighted by atomic mass is 16.1. The van der Waals surface area contributed by atoms with Gasteiger partial charge in [-0.3, -0.25) is 9.78 Å². The highest BCUT2D eigenvalue weighted by Crippen LogP contribution is 2.17. The zero-order valence-electron chi connectivity index (χ0n) is 10.4. The second-order valence-corrected chi connectivity index (χ2v) is 4.22. The van der Waals surface area contributed by atoms with Crippen LogP contribution in [0, 0.1) is 13.8 Å². The zero-order valence-corrected chi connectivity index (χ0v) is 10.4. The number of rotatable bonds is 2. The van der Waals surface area contributed by atoms with E-state index in [4.69, 9.17) is 5.73 Å². The number of aryl methyl sites for hydroxylation is 2. The molecular formula is C14H15N3O. The predicted molar refractivity (Wildman–Crippen MR) is 72.5 cm³/mol. The number of nitrogens with two attached hydrogens (primary N) is 1. The van der Waals surface area contributed by atoms with Crippen LogP contribution in [0.25, 0.3) is 0 Å². The maximum atomic E-state index is 12.2. The van der Waals surface area contributed by atoms with Crippen LogP contribution in [0.1, 0.15) is 21.5 Å². The first-order valence-electron chi connectivity index (χ1n) is 5.66. The molecular weight excluding hydrogens is 226 g/mol. The third kappa shape index (κ3) is 2.48. The van der Waals surface area contributed by atoms with E-state index in [1.165, 1.54) is 0 Å². The molecule has 3 N–H and O–H groups in total. The van der Waals surface area contributed by atoms with Crippen molar-refractivity contribution < 1.29 is 4.79 Å². The van der Waals surface area contributed by atoms with Crippen LogP contribution in [0.4, 0.5) is 11.4 Å². The van der Waals surface area contributed by atoms with Gasteiger partial charge in [-0.1, -0.05) is 6.07 Å². The van der Waals surface area contributed by atoms with Gasteiger partial charge in [0.25, 0.3) is 5.91 Å². The van der Waals surface area contributed by atoms with Crippen molar-refractivity contribution in [1.82, 2.24) is 4.98 Å². The zero-order chi connectivity index (χ0) is 13.1. The van der Waals surface area contributed by atoms with Crippen molar-refractivity contribution in [1.29, 1.82) is 0 Å². The number of amides is 1. The van der Waals surface area contributed by atoms with E-state index in [-0.39, 0.29) is 5.91 Å². The molecule has 1 aromatic carbocycles. The van der Waals surface area contributed by atoms with Gasteiger partial charge < -0.3 is 11.1 Å². The van der Waals surface area contributed by atoms with E-state index < -0.39 is 0 Å². The number of nitrogen functional groups attached to an aromatic ring is 1. The lowest BCUT2D eigenvalue weighted by atomic mass is 10.1. The second-order valence-electron chi connectivity index (χ2n) is 4.22. The van der Waals surface area contributed by atoms with Gasteiger partial charge in [0.1, 0.15) is 0 Å². The monoisotopic (exact) mass is 241 g/mol. The molecule has 0 aliphatic rings. The summed E-state index contributed by atoms with van der Waals surface area (Å²) in [4.78, 5) is 16.1. The molecule has 18 heavy (non-hydrogen) atoms. The summed E-state index contributed by atoms with van der Waals surface area (Å²) in [6, 6.07) is 7.07. The average Bonchev–Trinajstić information content (AvgIpc) is 2.35. The Kier molecular flexibility index (Phi) is 3.28. The van der Waals surface area contributed by atoms with Crippen molar-refractivity contribution in [3.05, 3.63) is 53.3 Å². The Hall–Kier alpha value is -2.36. The molecule has 0 saturated heterocycles. The van der Waals surface area contributed by atoms with Crippen LogP contribution in [0.15, 0.2) is 36.7 Å². The van der Waals surface area contributed by atoms with Crippen molar-refractivity contribution in [2.24, 2.45) is 0 Å². The number of aromatic nitrogens is 1. The molecule has 1 heterocycles. The third-order valence-corrected chi connectivity index (χ3v) is 2.77. The molecule has 0 bridgehead atoms. The fraction of sp³-hybridized carbons (Fsp3) is 0.143. The molecule has 0 unspecified atom stereocenters. The van der Waals surface area contributed by atoms with E-state index in [1.807, 2.05) is 19.9 Å². The van der Waals surface area contributed by atoms with E-state index >= 15 is 0 Å². The molecule has 0 aliphatic heterocycles. The molecule has 4 heteroatoms. The molecule has 0 radical (unpaired) electrons. The minimum absolute atomic E-state index is 0.158. The lowest BCUT2D eigenvalue weighted by Gasteiger charge is -2.10. The standard InChI is InChI=1S/C14H15N3O/c1-9-3-4-11(15)7-12(9)14(18)17-13-5-6-16-8-10(13)2/h3-8H,15H2,1-2H3,(H,16,17,18). The third-order valence-electron chi connectivity index (χ3n) is 2.77. The normalized spacial score (nSPS) is 10.1. The van der Waals surface area contributed by atoms with Gasteiger partial charge in [-0.2, -0.15) is 0 Å². The van der Waals surface area contributed by atoms with Gasteiger partial charge >= 0.3 is 0 Å². The van der Waals surface area contributed by atoms with Gasteiger partial charge in [-0.25, -0.2) is 0 Å². The predicted octanol–water partition coefficient (Wildman–Crippen LogP) is 2.53. The molecule has 1 aromatic heterocycles. The molecule has 0 atom stereocenters. The van der Waals surface area contributed by atoms with Crippen molar-refractivity contribution in [2.75, 3.05) is 11.1 Å². The molecule has 2 rings (SSSR count). The van der Waals surface area contributed by atoms with Crippen LogP contribution in [0.2, 0.25) is 0 Å². The number of nitrogens with zero attached hydrogens (tertiary/aromatic N) is 1. The van der Waals surface area contributed by atoms with Gasteiger partial charge in [0, 0.05) is 29.3 Å². The minimum Gasteiger partial charge on any atom is -0.399 e. The number of carbonyl (C=O) groups is 1. The van der Waals surface area contributed by atoms with Crippen LogP contribution in [0.5, 0.6) is 0 Å². The van der Waals surface area contributed by atoms with Crippen LogP contribution >= 0.6 is 0 Å². The summed E-state index contributed by atoms with van der Waals surface area (Å²) in [6.07, 6.45) is 3.36. The van der Waals surface area contributed by atoms with E-state index in [0.29, 0.717) is 11.3 Å². The van der Waals surface area contributed by atoms with Gasteiger partial charge in [0.2, 0.25) is 0 Å². The first kappa shape index (κ1) is 12.1. The molecule has 2 aromatic rings. The van der Waals surface area contributed by atoms with E-state index in [2.05, 4.69) is 10.3 Å². The number of carbonyl (C=O) groups excluding carboxylic acids is 1. The molecule has 1 amide bonds. The first-order valence-corrected chi connectivity index (χ1v) is 5.66. The summed E-state index contributed by atoms with van der Waals surface area (Å²) in [5.74, 6) is -0.158. The van der Waals surface area contributed by atoms with Crippen molar-refractivity contribution in [3.8, 4) is 0 Å². The quantitative estimate of drug-likeness (QED) is 0.794. The van der Waals surface area contributed by atoms with E-state index in [1.54, 1.807) is 30.6 Å². The minimum atomic E-state index is -0.158. The molecule has 4 nitrogen and oxygen atoms in total. The van der Waals surface area contributed by atoms with E-state index in [9.17, 15) is 4.79 Å². The van der Waals surface area contributed by atoms with E-state index in [0.717, 1.165) is 16.8 Å². The highest BCUT2D eigenvalue weighted by Gasteiger charge is 2.10. The fourth-order valence-electron chi connectivity index (χ4n) is 1.69. The molecule has 0 spiro atoms. The Morgan fingerprint density at radius 1 is 1.22 bits per heavy atom.